The van der Waals surface area contributed by atoms with Crippen LogP contribution in [0, 0.1) is 5.41 Å². The molecule has 0 saturated carbocycles. The smallest absolute Gasteiger partial charge is 0.191 e. The van der Waals surface area contributed by atoms with Crippen molar-refractivity contribution in [3.63, 3.8) is 0 Å². The summed E-state index contributed by atoms with van der Waals surface area (Å²) in [5.74, 6) is 0.863. The molecule has 0 fully saturated rings. The van der Waals surface area contributed by atoms with Crippen LogP contribution in [0.2, 0.25) is 0 Å². The highest BCUT2D eigenvalue weighted by Gasteiger charge is 2.25. The number of hydrogen-bond acceptors (Lipinski definition) is 3. The van der Waals surface area contributed by atoms with Gasteiger partial charge >= 0.3 is 0 Å². The Morgan fingerprint density at radius 3 is 2.09 bits per heavy atom. The molecule has 0 aliphatic rings. The highest BCUT2D eigenvalue weighted by molar-refractivity contribution is 5.79. The van der Waals surface area contributed by atoms with Crippen molar-refractivity contribution >= 4 is 5.96 Å². The summed E-state index contributed by atoms with van der Waals surface area (Å²) in [6.07, 6.45) is 2.89. The molecule has 0 atom stereocenters. The summed E-state index contributed by atoms with van der Waals surface area (Å²) in [7, 11) is 0. The van der Waals surface area contributed by atoms with E-state index in [1.165, 1.54) is 0 Å². The van der Waals surface area contributed by atoms with E-state index in [-0.39, 0.29) is 17.6 Å². The third-order valence-corrected chi connectivity index (χ3v) is 4.13. The molecule has 0 aliphatic heterocycles. The van der Waals surface area contributed by atoms with Gasteiger partial charge in [0.1, 0.15) is 0 Å². The first-order chi connectivity index (χ1) is 10.3. The Balaban J connectivity index is 4.51. The maximum Gasteiger partial charge on any atom is 0.191 e. The lowest BCUT2D eigenvalue weighted by molar-refractivity contribution is 0.175. The zero-order valence-corrected chi connectivity index (χ0v) is 15.6. The van der Waals surface area contributed by atoms with Gasteiger partial charge in [-0.3, -0.25) is 4.99 Å². The summed E-state index contributed by atoms with van der Waals surface area (Å²) >= 11 is 0. The van der Waals surface area contributed by atoms with Crippen molar-refractivity contribution in [1.82, 2.24) is 16.0 Å². The highest BCUT2D eigenvalue weighted by atomic mass is 16.3. The van der Waals surface area contributed by atoms with Crippen LogP contribution in [0.4, 0.5) is 0 Å². The Morgan fingerprint density at radius 2 is 1.64 bits per heavy atom. The average Bonchev–Trinajstić information content (AvgIpc) is 2.46. The molecule has 22 heavy (non-hydrogen) atoms. The summed E-state index contributed by atoms with van der Waals surface area (Å²) in [5, 5.41) is 19.4. The number of aliphatic imine (C=N–C) groups is 1. The Kier molecular flexibility index (Phi) is 10.4. The molecular formula is C17H38N4O. The molecule has 0 aromatic heterocycles. The average molecular weight is 315 g/mol. The topological polar surface area (TPSA) is 68.7 Å². The van der Waals surface area contributed by atoms with Crippen LogP contribution in [0.15, 0.2) is 4.99 Å². The monoisotopic (exact) mass is 314 g/mol. The lowest BCUT2D eigenvalue weighted by Gasteiger charge is -2.29. The van der Waals surface area contributed by atoms with Crippen LogP contribution in [0.1, 0.15) is 60.8 Å². The molecule has 5 heteroatoms. The first-order valence-corrected chi connectivity index (χ1v) is 8.70. The maximum absolute atomic E-state index is 9.29. The summed E-state index contributed by atoms with van der Waals surface area (Å²) in [4.78, 5) is 4.74. The van der Waals surface area contributed by atoms with Crippen molar-refractivity contribution in [3.05, 3.63) is 0 Å². The SMILES string of the molecule is CCNC(=NCC(CC)(CC)CCO)NCCNC(C)(C)C. The Hall–Kier alpha value is -0.810. The maximum atomic E-state index is 9.29. The van der Waals surface area contributed by atoms with Crippen molar-refractivity contribution in [2.75, 3.05) is 32.8 Å². The van der Waals surface area contributed by atoms with Gasteiger partial charge in [-0.1, -0.05) is 13.8 Å². The van der Waals surface area contributed by atoms with Crippen LogP contribution >= 0.6 is 0 Å². The van der Waals surface area contributed by atoms with E-state index in [0.29, 0.717) is 0 Å². The van der Waals surface area contributed by atoms with Crippen LogP contribution in [-0.2, 0) is 0 Å². The van der Waals surface area contributed by atoms with Gasteiger partial charge in [-0.15, -0.1) is 0 Å². The molecule has 0 aromatic carbocycles. The van der Waals surface area contributed by atoms with E-state index in [9.17, 15) is 5.11 Å². The molecule has 0 aromatic rings. The number of hydrogen-bond donors (Lipinski definition) is 4. The minimum Gasteiger partial charge on any atom is -0.396 e. The highest BCUT2D eigenvalue weighted by Crippen LogP contribution is 2.30. The van der Waals surface area contributed by atoms with Crippen LogP contribution in [0.5, 0.6) is 0 Å². The minimum atomic E-state index is 0.112. The van der Waals surface area contributed by atoms with Gasteiger partial charge in [-0.05, 0) is 52.4 Å². The van der Waals surface area contributed by atoms with Crippen LogP contribution in [0.25, 0.3) is 0 Å². The molecule has 0 unspecified atom stereocenters. The fourth-order valence-corrected chi connectivity index (χ4v) is 2.35. The van der Waals surface area contributed by atoms with Gasteiger partial charge < -0.3 is 21.1 Å². The molecule has 0 saturated heterocycles. The van der Waals surface area contributed by atoms with E-state index >= 15 is 0 Å². The van der Waals surface area contributed by atoms with Crippen LogP contribution in [-0.4, -0.2) is 49.4 Å². The predicted octanol–water partition coefficient (Wildman–Crippen LogP) is 2.12. The summed E-state index contributed by atoms with van der Waals surface area (Å²) in [5.41, 5.74) is 0.249. The summed E-state index contributed by atoms with van der Waals surface area (Å²) in [6, 6.07) is 0. The van der Waals surface area contributed by atoms with E-state index in [4.69, 9.17) is 4.99 Å². The van der Waals surface area contributed by atoms with E-state index in [0.717, 1.165) is 51.4 Å². The molecular weight excluding hydrogens is 276 g/mol. The molecule has 0 rings (SSSR count). The summed E-state index contributed by atoms with van der Waals surface area (Å²) < 4.78 is 0. The van der Waals surface area contributed by atoms with E-state index in [1.807, 2.05) is 0 Å². The second-order valence-corrected chi connectivity index (χ2v) is 6.98. The largest absolute Gasteiger partial charge is 0.396 e. The van der Waals surface area contributed by atoms with Gasteiger partial charge in [0.05, 0.1) is 0 Å². The number of guanidine groups is 1. The van der Waals surface area contributed by atoms with E-state index < -0.39 is 0 Å². The quantitative estimate of drug-likeness (QED) is 0.283. The number of aliphatic hydroxyl groups is 1. The van der Waals surface area contributed by atoms with Gasteiger partial charge in [0.15, 0.2) is 5.96 Å². The fraction of sp³-hybridized carbons (Fsp3) is 0.941. The van der Waals surface area contributed by atoms with Gasteiger partial charge in [-0.25, -0.2) is 0 Å². The third-order valence-electron chi connectivity index (χ3n) is 4.13. The Morgan fingerprint density at radius 1 is 1.00 bits per heavy atom. The first kappa shape index (κ1) is 21.2. The lowest BCUT2D eigenvalue weighted by atomic mass is 9.79. The van der Waals surface area contributed by atoms with E-state index in [1.54, 1.807) is 0 Å². The zero-order valence-electron chi connectivity index (χ0n) is 15.6. The molecule has 0 spiro atoms. The van der Waals surface area contributed by atoms with E-state index in [2.05, 4.69) is 57.5 Å². The Bertz CT molecular complexity index is 306. The lowest BCUT2D eigenvalue weighted by Crippen LogP contribution is -2.45. The van der Waals surface area contributed by atoms with Crippen molar-refractivity contribution in [1.29, 1.82) is 0 Å². The second-order valence-electron chi connectivity index (χ2n) is 6.98. The molecule has 5 nitrogen and oxygen atoms in total. The van der Waals surface area contributed by atoms with Gasteiger partial charge in [0.25, 0.3) is 0 Å². The third kappa shape index (κ3) is 9.26. The van der Waals surface area contributed by atoms with Crippen molar-refractivity contribution in [2.45, 2.75) is 66.3 Å². The zero-order chi connectivity index (χ0) is 17.1. The molecule has 0 heterocycles. The fourth-order valence-electron chi connectivity index (χ4n) is 2.35. The van der Waals surface area contributed by atoms with Crippen LogP contribution < -0.4 is 16.0 Å². The standard InChI is InChI=1S/C17H38N4O/c1-7-17(8-2,10-13-22)14-20-15(18-9-3)19-11-12-21-16(4,5)6/h21-22H,7-14H2,1-6H3,(H2,18,19,20). The van der Waals surface area contributed by atoms with Gasteiger partial charge in [0.2, 0.25) is 0 Å². The van der Waals surface area contributed by atoms with Crippen molar-refractivity contribution < 1.29 is 5.11 Å². The second kappa shape index (κ2) is 10.8. The molecule has 0 amide bonds. The molecule has 0 bridgehead atoms. The summed E-state index contributed by atoms with van der Waals surface area (Å²) in [6.45, 7) is 16.5. The van der Waals surface area contributed by atoms with Gasteiger partial charge in [-0.2, -0.15) is 0 Å². The van der Waals surface area contributed by atoms with Crippen molar-refractivity contribution in [2.24, 2.45) is 10.4 Å². The normalized spacial score (nSPS) is 13.3. The number of rotatable bonds is 10. The first-order valence-electron chi connectivity index (χ1n) is 8.70. The number of nitrogens with one attached hydrogen (secondary N) is 3. The number of nitrogens with zero attached hydrogens (tertiary/aromatic N) is 1. The van der Waals surface area contributed by atoms with Crippen LogP contribution in [0.3, 0.4) is 0 Å². The predicted molar refractivity (Wildman–Crippen MR) is 96.5 cm³/mol. The molecule has 0 radical (unpaired) electrons. The molecule has 0 aliphatic carbocycles. The van der Waals surface area contributed by atoms with Gasteiger partial charge in [0, 0.05) is 38.3 Å². The Labute approximate surface area is 137 Å². The molecule has 4 N–H and O–H groups in total. The molecule has 132 valence electrons. The van der Waals surface area contributed by atoms with Crippen molar-refractivity contribution in [3.8, 4) is 0 Å². The number of aliphatic hydroxyl groups excluding tert-OH is 1. The minimum absolute atomic E-state index is 0.112.